The molecule has 0 saturated carbocycles. The van der Waals surface area contributed by atoms with Crippen LogP contribution in [0.15, 0.2) is 30.9 Å². The predicted molar refractivity (Wildman–Crippen MR) is 103 cm³/mol. The number of ether oxygens (including phenoxy) is 3. The number of benzene rings is 1. The first kappa shape index (κ1) is 21.1. The molecular formula is C20H30N2O5. The Morgan fingerprint density at radius 2 is 2.07 bits per heavy atom. The van der Waals surface area contributed by atoms with Crippen molar-refractivity contribution >= 4 is 6.09 Å². The number of allylic oxidation sites excluding steroid dienone is 1. The van der Waals surface area contributed by atoms with Crippen molar-refractivity contribution in [1.29, 1.82) is 0 Å². The second kappa shape index (κ2) is 10.8. The molecule has 1 fully saturated rings. The van der Waals surface area contributed by atoms with Crippen LogP contribution in [0.5, 0.6) is 11.5 Å². The quantitative estimate of drug-likeness (QED) is 0.662. The van der Waals surface area contributed by atoms with E-state index in [1.165, 1.54) is 0 Å². The summed E-state index contributed by atoms with van der Waals surface area (Å²) in [6.45, 7) is 9.28. The van der Waals surface area contributed by atoms with Gasteiger partial charge >= 0.3 is 6.09 Å². The van der Waals surface area contributed by atoms with Crippen LogP contribution in [0.1, 0.15) is 12.5 Å². The highest BCUT2D eigenvalue weighted by Gasteiger charge is 2.23. The molecule has 1 aromatic rings. The van der Waals surface area contributed by atoms with E-state index in [-0.39, 0.29) is 12.7 Å². The van der Waals surface area contributed by atoms with Gasteiger partial charge in [0.05, 0.1) is 13.7 Å². The first-order chi connectivity index (χ1) is 13.1. The number of β-amino-alcohol motifs (C(OH)–C–C–N with tert-alkyl or cyclic N) is 1. The van der Waals surface area contributed by atoms with Crippen molar-refractivity contribution in [3.8, 4) is 11.5 Å². The van der Waals surface area contributed by atoms with E-state index in [2.05, 4.69) is 11.5 Å². The lowest BCUT2D eigenvalue weighted by atomic mass is 10.1. The van der Waals surface area contributed by atoms with Gasteiger partial charge in [0.1, 0.15) is 24.2 Å². The largest absolute Gasteiger partial charge is 0.497 e. The van der Waals surface area contributed by atoms with Gasteiger partial charge in [-0.3, -0.25) is 4.90 Å². The van der Waals surface area contributed by atoms with Crippen molar-refractivity contribution in [1.82, 2.24) is 9.80 Å². The molecule has 0 unspecified atom stereocenters. The maximum atomic E-state index is 11.7. The first-order valence-corrected chi connectivity index (χ1v) is 9.30. The Hall–Kier alpha value is -2.25. The third-order valence-electron chi connectivity index (χ3n) is 4.43. The molecule has 0 bridgehead atoms. The van der Waals surface area contributed by atoms with E-state index >= 15 is 0 Å². The minimum absolute atomic E-state index is 0.203. The van der Waals surface area contributed by atoms with Crippen LogP contribution in [0.3, 0.4) is 0 Å². The van der Waals surface area contributed by atoms with E-state index in [0.29, 0.717) is 45.8 Å². The number of carbonyl (C=O) groups excluding carboxylic acids is 1. The summed E-state index contributed by atoms with van der Waals surface area (Å²) in [5.74, 6) is 1.49. The first-order valence-electron chi connectivity index (χ1n) is 9.30. The summed E-state index contributed by atoms with van der Waals surface area (Å²) < 4.78 is 16.1. The average Bonchev–Trinajstić information content (AvgIpc) is 2.68. The number of hydrogen-bond acceptors (Lipinski definition) is 6. The van der Waals surface area contributed by atoms with Gasteiger partial charge in [0, 0.05) is 38.3 Å². The Kier molecular flexibility index (Phi) is 8.42. The van der Waals surface area contributed by atoms with E-state index in [0.717, 1.165) is 17.1 Å². The summed E-state index contributed by atoms with van der Waals surface area (Å²) in [5, 5.41) is 10.3. The minimum Gasteiger partial charge on any atom is -0.497 e. The molecule has 150 valence electrons. The summed E-state index contributed by atoms with van der Waals surface area (Å²) in [6, 6.07) is 5.60. The molecule has 0 aliphatic carbocycles. The van der Waals surface area contributed by atoms with E-state index in [9.17, 15) is 9.90 Å². The zero-order valence-corrected chi connectivity index (χ0v) is 16.2. The van der Waals surface area contributed by atoms with Crippen LogP contribution in [0.2, 0.25) is 0 Å². The molecule has 1 heterocycles. The van der Waals surface area contributed by atoms with Crippen LogP contribution in [-0.2, 0) is 11.2 Å². The van der Waals surface area contributed by atoms with Crippen molar-refractivity contribution in [3.63, 3.8) is 0 Å². The lowest BCUT2D eigenvalue weighted by molar-refractivity contribution is 0.0406. The van der Waals surface area contributed by atoms with Crippen molar-refractivity contribution in [3.05, 3.63) is 36.4 Å². The molecule has 1 saturated heterocycles. The Morgan fingerprint density at radius 1 is 1.33 bits per heavy atom. The zero-order chi connectivity index (χ0) is 19.6. The SMILES string of the molecule is C=CCc1cc(OC)ccc1OC[C@@H](O)CN1CCN(C(=O)OCC)CC1. The molecule has 1 aromatic carbocycles. The maximum absolute atomic E-state index is 11.7. The number of methoxy groups -OCH3 is 1. The lowest BCUT2D eigenvalue weighted by Gasteiger charge is -2.34. The fourth-order valence-corrected chi connectivity index (χ4v) is 3.00. The smallest absolute Gasteiger partial charge is 0.409 e. The van der Waals surface area contributed by atoms with Crippen LogP contribution < -0.4 is 9.47 Å². The molecule has 1 aliphatic heterocycles. The molecule has 7 nitrogen and oxygen atoms in total. The number of carbonyl (C=O) groups is 1. The van der Waals surface area contributed by atoms with Crippen LogP contribution in [0.4, 0.5) is 4.79 Å². The molecule has 27 heavy (non-hydrogen) atoms. The minimum atomic E-state index is -0.613. The second-order valence-corrected chi connectivity index (χ2v) is 6.42. The van der Waals surface area contributed by atoms with Gasteiger partial charge in [-0.25, -0.2) is 4.79 Å². The average molecular weight is 378 g/mol. The van der Waals surface area contributed by atoms with E-state index in [1.54, 1.807) is 25.0 Å². The zero-order valence-electron chi connectivity index (χ0n) is 16.2. The number of hydrogen-bond donors (Lipinski definition) is 1. The molecule has 1 atom stereocenters. The monoisotopic (exact) mass is 378 g/mol. The van der Waals surface area contributed by atoms with E-state index in [4.69, 9.17) is 14.2 Å². The third kappa shape index (κ3) is 6.45. The standard InChI is InChI=1S/C20H30N2O5/c1-4-6-16-13-18(25-3)7-8-19(16)27-15-17(23)14-21-9-11-22(12-10-21)20(24)26-5-2/h4,7-8,13,17,23H,1,5-6,9-12,14-15H2,2-3H3/t17-/m0/s1. The summed E-state index contributed by atoms with van der Waals surface area (Å²) >= 11 is 0. The Balaban J connectivity index is 1.79. The molecular weight excluding hydrogens is 348 g/mol. The van der Waals surface area contributed by atoms with Gasteiger partial charge in [-0.05, 0) is 31.5 Å². The Bertz CT molecular complexity index is 614. The van der Waals surface area contributed by atoms with Crippen LogP contribution in [0, 0.1) is 0 Å². The summed E-state index contributed by atoms with van der Waals surface area (Å²) in [4.78, 5) is 15.5. The maximum Gasteiger partial charge on any atom is 0.409 e. The molecule has 1 N–H and O–H groups in total. The van der Waals surface area contributed by atoms with Crippen molar-refractivity contribution < 1.29 is 24.1 Å². The number of aliphatic hydroxyl groups is 1. The van der Waals surface area contributed by atoms with Gasteiger partial charge in [-0.15, -0.1) is 6.58 Å². The number of nitrogens with zero attached hydrogens (tertiary/aromatic N) is 2. The van der Waals surface area contributed by atoms with E-state index < -0.39 is 6.10 Å². The van der Waals surface area contributed by atoms with Crippen LogP contribution >= 0.6 is 0 Å². The molecule has 7 heteroatoms. The van der Waals surface area contributed by atoms with Gasteiger partial charge in [0.2, 0.25) is 0 Å². The molecule has 1 aliphatic rings. The fourth-order valence-electron chi connectivity index (χ4n) is 3.00. The molecule has 2 rings (SSSR count). The highest BCUT2D eigenvalue weighted by Crippen LogP contribution is 2.25. The second-order valence-electron chi connectivity index (χ2n) is 6.42. The Morgan fingerprint density at radius 3 is 2.70 bits per heavy atom. The third-order valence-corrected chi connectivity index (χ3v) is 4.43. The summed E-state index contributed by atoms with van der Waals surface area (Å²) in [6.07, 6.45) is 1.59. The van der Waals surface area contributed by atoms with Gasteiger partial charge in [-0.1, -0.05) is 6.08 Å². The number of piperazine rings is 1. The number of amides is 1. The normalized spacial score (nSPS) is 15.9. The van der Waals surface area contributed by atoms with Gasteiger partial charge < -0.3 is 24.2 Å². The summed E-state index contributed by atoms with van der Waals surface area (Å²) in [7, 11) is 1.62. The van der Waals surface area contributed by atoms with Gasteiger partial charge in [-0.2, -0.15) is 0 Å². The Labute approximate surface area is 161 Å². The molecule has 0 spiro atoms. The summed E-state index contributed by atoms with van der Waals surface area (Å²) in [5.41, 5.74) is 0.972. The van der Waals surface area contributed by atoms with Crippen molar-refractivity contribution in [2.45, 2.75) is 19.4 Å². The fraction of sp³-hybridized carbons (Fsp3) is 0.550. The topological polar surface area (TPSA) is 71.5 Å². The van der Waals surface area contributed by atoms with Gasteiger partial charge in [0.25, 0.3) is 0 Å². The number of aliphatic hydroxyl groups excluding tert-OH is 1. The highest BCUT2D eigenvalue weighted by atomic mass is 16.6. The highest BCUT2D eigenvalue weighted by molar-refractivity contribution is 5.67. The van der Waals surface area contributed by atoms with Gasteiger partial charge in [0.15, 0.2) is 0 Å². The molecule has 0 radical (unpaired) electrons. The van der Waals surface area contributed by atoms with Crippen LogP contribution in [-0.4, -0.2) is 80.2 Å². The number of rotatable bonds is 9. The molecule has 0 aromatic heterocycles. The lowest BCUT2D eigenvalue weighted by Crippen LogP contribution is -2.51. The van der Waals surface area contributed by atoms with Crippen molar-refractivity contribution in [2.24, 2.45) is 0 Å². The van der Waals surface area contributed by atoms with E-state index in [1.807, 2.05) is 18.2 Å². The predicted octanol–water partition coefficient (Wildman–Crippen LogP) is 1.94. The van der Waals surface area contributed by atoms with Crippen LogP contribution in [0.25, 0.3) is 0 Å². The molecule has 1 amide bonds. The van der Waals surface area contributed by atoms with Crippen molar-refractivity contribution in [2.75, 3.05) is 53.0 Å².